The van der Waals surface area contributed by atoms with E-state index in [0.29, 0.717) is 12.5 Å². The van der Waals surface area contributed by atoms with E-state index in [9.17, 15) is 5.11 Å². The molecule has 0 saturated carbocycles. The summed E-state index contributed by atoms with van der Waals surface area (Å²) in [6.07, 6.45) is 4.09. The number of hydrogen-bond acceptors (Lipinski definition) is 4. The first-order valence-electron chi connectivity index (χ1n) is 4.95. The van der Waals surface area contributed by atoms with Gasteiger partial charge in [-0.2, -0.15) is 0 Å². The first-order chi connectivity index (χ1) is 6.75. The molecule has 2 rings (SSSR count). The molecule has 0 aliphatic carbocycles. The van der Waals surface area contributed by atoms with Crippen LogP contribution in [-0.4, -0.2) is 34.3 Å². The summed E-state index contributed by atoms with van der Waals surface area (Å²) in [4.78, 5) is 10.4. The van der Waals surface area contributed by atoms with Crippen LogP contribution < -0.4 is 4.90 Å². The Morgan fingerprint density at radius 2 is 2.07 bits per heavy atom. The molecule has 1 aliphatic heterocycles. The number of nitrogens with zero attached hydrogens (tertiary/aromatic N) is 3. The number of β-amino-alcohol motifs (C(OH)–C–C–N with tert-alkyl or cyclic N) is 1. The highest BCUT2D eigenvalue weighted by molar-refractivity contribution is 5.29. The zero-order valence-electron chi connectivity index (χ0n) is 8.30. The fourth-order valence-corrected chi connectivity index (χ4v) is 1.94. The molecule has 0 spiro atoms. The fourth-order valence-electron chi connectivity index (χ4n) is 1.94. The van der Waals surface area contributed by atoms with E-state index in [1.165, 1.54) is 0 Å². The molecule has 1 aromatic heterocycles. The van der Waals surface area contributed by atoms with E-state index in [0.717, 1.165) is 18.9 Å². The summed E-state index contributed by atoms with van der Waals surface area (Å²) >= 11 is 0. The summed E-state index contributed by atoms with van der Waals surface area (Å²) in [6, 6.07) is 1.80. The zero-order valence-corrected chi connectivity index (χ0v) is 8.30. The monoisotopic (exact) mass is 193 g/mol. The molecule has 1 N–H and O–H groups in total. The lowest BCUT2D eigenvalue weighted by molar-refractivity contribution is 0.132. The van der Waals surface area contributed by atoms with Crippen molar-refractivity contribution in [2.24, 2.45) is 5.92 Å². The largest absolute Gasteiger partial charge is 0.391 e. The summed E-state index contributed by atoms with van der Waals surface area (Å²) in [5.41, 5.74) is 0. The highest BCUT2D eigenvalue weighted by Gasteiger charge is 2.24. The molecular weight excluding hydrogens is 178 g/mol. The Labute approximate surface area is 83.6 Å². The van der Waals surface area contributed by atoms with Gasteiger partial charge in [0.15, 0.2) is 0 Å². The minimum Gasteiger partial charge on any atom is -0.391 e. The van der Waals surface area contributed by atoms with Gasteiger partial charge in [0.05, 0.1) is 6.10 Å². The number of piperidine rings is 1. The maximum Gasteiger partial charge on any atom is 0.225 e. The molecule has 2 atom stereocenters. The molecule has 1 aromatic rings. The second-order valence-electron chi connectivity index (χ2n) is 3.95. The van der Waals surface area contributed by atoms with E-state index < -0.39 is 0 Å². The lowest BCUT2D eigenvalue weighted by Gasteiger charge is -2.33. The quantitative estimate of drug-likeness (QED) is 0.712. The average Bonchev–Trinajstić information content (AvgIpc) is 2.18. The third-order valence-electron chi connectivity index (χ3n) is 2.47. The van der Waals surface area contributed by atoms with Gasteiger partial charge in [0, 0.05) is 25.5 Å². The first kappa shape index (κ1) is 9.40. The van der Waals surface area contributed by atoms with Crippen molar-refractivity contribution in [2.45, 2.75) is 19.4 Å². The molecular formula is C10H15N3O. The van der Waals surface area contributed by atoms with Gasteiger partial charge in [-0.1, -0.05) is 6.92 Å². The number of aliphatic hydroxyl groups is 1. The zero-order chi connectivity index (χ0) is 9.97. The van der Waals surface area contributed by atoms with E-state index in [1.54, 1.807) is 18.5 Å². The Morgan fingerprint density at radius 1 is 1.36 bits per heavy atom. The van der Waals surface area contributed by atoms with Crippen molar-refractivity contribution in [3.8, 4) is 0 Å². The minimum atomic E-state index is -0.248. The summed E-state index contributed by atoms with van der Waals surface area (Å²) in [5.74, 6) is 1.22. The van der Waals surface area contributed by atoms with Crippen molar-refractivity contribution in [3.05, 3.63) is 18.5 Å². The van der Waals surface area contributed by atoms with Gasteiger partial charge in [0.1, 0.15) is 0 Å². The topological polar surface area (TPSA) is 49.2 Å². The van der Waals surface area contributed by atoms with Crippen LogP contribution >= 0.6 is 0 Å². The second-order valence-corrected chi connectivity index (χ2v) is 3.95. The Bertz CT molecular complexity index is 281. The number of anilines is 1. The third kappa shape index (κ3) is 2.01. The van der Waals surface area contributed by atoms with Crippen molar-refractivity contribution in [3.63, 3.8) is 0 Å². The van der Waals surface area contributed by atoms with Crippen molar-refractivity contribution >= 4 is 5.95 Å². The van der Waals surface area contributed by atoms with Gasteiger partial charge < -0.3 is 10.0 Å². The molecule has 4 heteroatoms. The van der Waals surface area contributed by atoms with E-state index in [4.69, 9.17) is 0 Å². The smallest absolute Gasteiger partial charge is 0.225 e. The van der Waals surface area contributed by atoms with Gasteiger partial charge in [-0.3, -0.25) is 0 Å². The second kappa shape index (κ2) is 3.92. The lowest BCUT2D eigenvalue weighted by Crippen LogP contribution is -2.43. The molecule has 1 fully saturated rings. The molecule has 0 amide bonds. The summed E-state index contributed by atoms with van der Waals surface area (Å²) in [5, 5.41) is 9.61. The normalized spacial score (nSPS) is 27.7. The van der Waals surface area contributed by atoms with Crippen LogP contribution in [0.5, 0.6) is 0 Å². The van der Waals surface area contributed by atoms with Gasteiger partial charge >= 0.3 is 0 Å². The van der Waals surface area contributed by atoms with Gasteiger partial charge in [-0.25, -0.2) is 9.97 Å². The molecule has 0 unspecified atom stereocenters. The highest BCUT2D eigenvalue weighted by atomic mass is 16.3. The van der Waals surface area contributed by atoms with Crippen molar-refractivity contribution in [2.75, 3.05) is 18.0 Å². The Hall–Kier alpha value is -1.16. The van der Waals surface area contributed by atoms with E-state index in [1.807, 2.05) is 4.90 Å². The predicted octanol–water partition coefficient (Wildman–Crippen LogP) is 0.684. The Balaban J connectivity index is 2.11. The molecule has 1 aliphatic rings. The lowest BCUT2D eigenvalue weighted by atomic mass is 9.98. The summed E-state index contributed by atoms with van der Waals surface area (Å²) in [7, 11) is 0. The Kier molecular flexibility index (Phi) is 2.63. The molecule has 0 bridgehead atoms. The number of hydrogen-bond donors (Lipinski definition) is 1. The number of rotatable bonds is 1. The Morgan fingerprint density at radius 3 is 2.71 bits per heavy atom. The van der Waals surface area contributed by atoms with Crippen LogP contribution in [-0.2, 0) is 0 Å². The molecule has 0 aromatic carbocycles. The third-order valence-corrected chi connectivity index (χ3v) is 2.47. The number of aliphatic hydroxyl groups excluding tert-OH is 1. The maximum absolute atomic E-state index is 9.61. The maximum atomic E-state index is 9.61. The van der Waals surface area contributed by atoms with Gasteiger partial charge in [0.2, 0.25) is 5.95 Å². The first-order valence-corrected chi connectivity index (χ1v) is 4.95. The van der Waals surface area contributed by atoms with Crippen LogP contribution in [0.1, 0.15) is 13.3 Å². The van der Waals surface area contributed by atoms with E-state index >= 15 is 0 Å². The average molecular weight is 193 g/mol. The molecule has 1 saturated heterocycles. The molecule has 0 radical (unpaired) electrons. The van der Waals surface area contributed by atoms with Crippen molar-refractivity contribution in [1.29, 1.82) is 0 Å². The van der Waals surface area contributed by atoms with Crippen LogP contribution in [0, 0.1) is 5.92 Å². The van der Waals surface area contributed by atoms with E-state index in [2.05, 4.69) is 16.9 Å². The van der Waals surface area contributed by atoms with Crippen LogP contribution in [0.4, 0.5) is 5.95 Å². The SMILES string of the molecule is C[C@@H]1C[C@H](O)CN(c2ncccn2)C1. The van der Waals surface area contributed by atoms with Crippen LogP contribution in [0.15, 0.2) is 18.5 Å². The standard InChI is InChI=1S/C10H15N3O/c1-8-5-9(14)7-13(6-8)10-11-3-2-4-12-10/h2-4,8-9,14H,5-7H2,1H3/t8-,9+/m1/s1. The van der Waals surface area contributed by atoms with Gasteiger partial charge in [-0.15, -0.1) is 0 Å². The fraction of sp³-hybridized carbons (Fsp3) is 0.600. The molecule has 76 valence electrons. The minimum absolute atomic E-state index is 0.248. The number of aromatic nitrogens is 2. The van der Waals surface area contributed by atoms with E-state index in [-0.39, 0.29) is 6.10 Å². The van der Waals surface area contributed by atoms with Crippen molar-refractivity contribution < 1.29 is 5.11 Å². The van der Waals surface area contributed by atoms with Gasteiger partial charge in [0.25, 0.3) is 0 Å². The van der Waals surface area contributed by atoms with Crippen LogP contribution in [0.25, 0.3) is 0 Å². The van der Waals surface area contributed by atoms with Gasteiger partial charge in [-0.05, 0) is 18.4 Å². The van der Waals surface area contributed by atoms with Crippen LogP contribution in [0.3, 0.4) is 0 Å². The molecule has 4 nitrogen and oxygen atoms in total. The molecule has 14 heavy (non-hydrogen) atoms. The highest BCUT2D eigenvalue weighted by Crippen LogP contribution is 2.19. The molecule has 2 heterocycles. The van der Waals surface area contributed by atoms with Crippen LogP contribution in [0.2, 0.25) is 0 Å². The predicted molar refractivity (Wildman–Crippen MR) is 54.0 cm³/mol. The van der Waals surface area contributed by atoms with Crippen molar-refractivity contribution in [1.82, 2.24) is 9.97 Å². The summed E-state index contributed by atoms with van der Waals surface area (Å²) in [6.45, 7) is 3.72. The summed E-state index contributed by atoms with van der Waals surface area (Å²) < 4.78 is 0.